The summed E-state index contributed by atoms with van der Waals surface area (Å²) in [5.41, 5.74) is 0.821. The Labute approximate surface area is 80.7 Å². The van der Waals surface area contributed by atoms with Gasteiger partial charge in [-0.2, -0.15) is 0 Å². The van der Waals surface area contributed by atoms with Crippen molar-refractivity contribution < 1.29 is 0 Å². The van der Waals surface area contributed by atoms with Crippen LogP contribution in [0.1, 0.15) is 53.4 Å². The summed E-state index contributed by atoms with van der Waals surface area (Å²) in [6, 6.07) is 0. The highest BCUT2D eigenvalue weighted by Gasteiger charge is 2.17. The van der Waals surface area contributed by atoms with Crippen LogP contribution in [0.25, 0.3) is 0 Å². The molecule has 0 amide bonds. The standard InChI is InChI=1S/C11H25P/c1-5-7-8-10(6-2)11(12)9(3)4/h9-11H,5-8,12H2,1-4H3. The average Bonchev–Trinajstić information content (AvgIpc) is 2.05. The zero-order valence-corrected chi connectivity index (χ0v) is 10.3. The van der Waals surface area contributed by atoms with Crippen LogP contribution in [0.3, 0.4) is 0 Å². The first-order valence-corrected chi connectivity index (χ1v) is 6.05. The maximum Gasteiger partial charge on any atom is -0.0213 e. The van der Waals surface area contributed by atoms with Crippen LogP contribution in [0.5, 0.6) is 0 Å². The lowest BCUT2D eigenvalue weighted by atomic mass is 9.89. The largest absolute Gasteiger partial charge is 0.134 e. The van der Waals surface area contributed by atoms with Gasteiger partial charge in [0.15, 0.2) is 0 Å². The van der Waals surface area contributed by atoms with Crippen molar-refractivity contribution in [1.82, 2.24) is 0 Å². The van der Waals surface area contributed by atoms with Gasteiger partial charge < -0.3 is 0 Å². The van der Waals surface area contributed by atoms with Crippen molar-refractivity contribution in [2.45, 2.75) is 59.0 Å². The summed E-state index contributed by atoms with van der Waals surface area (Å²) >= 11 is 0. The minimum Gasteiger partial charge on any atom is -0.134 e. The van der Waals surface area contributed by atoms with Crippen LogP contribution in [-0.4, -0.2) is 5.66 Å². The van der Waals surface area contributed by atoms with E-state index in [4.69, 9.17) is 0 Å². The van der Waals surface area contributed by atoms with Crippen LogP contribution >= 0.6 is 9.24 Å². The van der Waals surface area contributed by atoms with Crippen molar-refractivity contribution in [1.29, 1.82) is 0 Å². The minimum absolute atomic E-state index is 0.816. The van der Waals surface area contributed by atoms with Crippen LogP contribution in [0.4, 0.5) is 0 Å². The van der Waals surface area contributed by atoms with E-state index in [2.05, 4.69) is 36.9 Å². The molecule has 0 spiro atoms. The molecular weight excluding hydrogens is 163 g/mol. The van der Waals surface area contributed by atoms with E-state index in [1.54, 1.807) is 0 Å². The highest BCUT2D eigenvalue weighted by Crippen LogP contribution is 2.28. The van der Waals surface area contributed by atoms with E-state index in [0.29, 0.717) is 0 Å². The summed E-state index contributed by atoms with van der Waals surface area (Å²) in [7, 11) is 3.03. The molecule has 74 valence electrons. The van der Waals surface area contributed by atoms with Gasteiger partial charge in [-0.05, 0) is 23.9 Å². The first kappa shape index (κ1) is 12.4. The minimum atomic E-state index is 0.816. The van der Waals surface area contributed by atoms with E-state index < -0.39 is 0 Å². The molecule has 0 heterocycles. The van der Waals surface area contributed by atoms with Crippen molar-refractivity contribution in [3.05, 3.63) is 0 Å². The first-order chi connectivity index (χ1) is 5.63. The maximum atomic E-state index is 3.03. The highest BCUT2D eigenvalue weighted by molar-refractivity contribution is 7.17. The average molecular weight is 188 g/mol. The Morgan fingerprint density at radius 3 is 2.08 bits per heavy atom. The van der Waals surface area contributed by atoms with E-state index in [-0.39, 0.29) is 0 Å². The van der Waals surface area contributed by atoms with E-state index >= 15 is 0 Å². The molecule has 3 unspecified atom stereocenters. The second-order valence-electron chi connectivity index (χ2n) is 4.13. The van der Waals surface area contributed by atoms with Gasteiger partial charge in [-0.25, -0.2) is 0 Å². The van der Waals surface area contributed by atoms with Crippen LogP contribution in [-0.2, 0) is 0 Å². The molecule has 0 N–H and O–H groups in total. The zero-order valence-electron chi connectivity index (χ0n) is 9.14. The number of hydrogen-bond acceptors (Lipinski definition) is 0. The monoisotopic (exact) mass is 188 g/mol. The van der Waals surface area contributed by atoms with Crippen molar-refractivity contribution >= 4 is 9.24 Å². The molecule has 12 heavy (non-hydrogen) atoms. The molecular formula is C11H25P. The van der Waals surface area contributed by atoms with Gasteiger partial charge in [0.05, 0.1) is 0 Å². The molecule has 0 aliphatic carbocycles. The Hall–Kier alpha value is 0.430. The van der Waals surface area contributed by atoms with Gasteiger partial charge in [0.2, 0.25) is 0 Å². The first-order valence-electron chi connectivity index (χ1n) is 5.39. The topological polar surface area (TPSA) is 0 Å². The molecule has 0 fully saturated rings. The number of hydrogen-bond donors (Lipinski definition) is 0. The van der Waals surface area contributed by atoms with Crippen molar-refractivity contribution in [2.24, 2.45) is 11.8 Å². The number of rotatable bonds is 6. The van der Waals surface area contributed by atoms with E-state index in [1.165, 1.54) is 25.7 Å². The van der Waals surface area contributed by atoms with Gasteiger partial charge >= 0.3 is 0 Å². The highest BCUT2D eigenvalue weighted by atomic mass is 31.0. The molecule has 0 saturated heterocycles. The van der Waals surface area contributed by atoms with Crippen LogP contribution in [0.2, 0.25) is 0 Å². The molecule has 0 saturated carbocycles. The van der Waals surface area contributed by atoms with Gasteiger partial charge in [0.25, 0.3) is 0 Å². The SMILES string of the molecule is CCCCC(CC)C(P)C(C)C. The molecule has 3 atom stereocenters. The summed E-state index contributed by atoms with van der Waals surface area (Å²) < 4.78 is 0. The lowest BCUT2D eigenvalue weighted by molar-refractivity contribution is 0.380. The smallest absolute Gasteiger partial charge is 0.0213 e. The molecule has 0 aromatic heterocycles. The molecule has 0 nitrogen and oxygen atoms in total. The Balaban J connectivity index is 3.79. The maximum absolute atomic E-state index is 3.03. The molecule has 0 radical (unpaired) electrons. The lowest BCUT2D eigenvalue weighted by Gasteiger charge is -2.25. The second kappa shape index (κ2) is 6.89. The fourth-order valence-electron chi connectivity index (χ4n) is 1.68. The molecule has 0 aliphatic rings. The van der Waals surface area contributed by atoms with Gasteiger partial charge in [0, 0.05) is 0 Å². The van der Waals surface area contributed by atoms with Gasteiger partial charge in [-0.3, -0.25) is 0 Å². The fourth-order valence-corrected chi connectivity index (χ4v) is 2.14. The normalized spacial score (nSPS) is 16.5. The molecule has 0 bridgehead atoms. The Morgan fingerprint density at radius 1 is 1.17 bits per heavy atom. The van der Waals surface area contributed by atoms with E-state index in [1.807, 2.05) is 0 Å². The Morgan fingerprint density at radius 2 is 1.75 bits per heavy atom. The fraction of sp³-hybridized carbons (Fsp3) is 1.00. The molecule has 0 aliphatic heterocycles. The van der Waals surface area contributed by atoms with E-state index in [9.17, 15) is 0 Å². The lowest BCUT2D eigenvalue weighted by Crippen LogP contribution is -2.19. The van der Waals surface area contributed by atoms with Crippen molar-refractivity contribution in [2.75, 3.05) is 0 Å². The summed E-state index contributed by atoms with van der Waals surface area (Å²) in [4.78, 5) is 0. The quantitative estimate of drug-likeness (QED) is 0.550. The summed E-state index contributed by atoms with van der Waals surface area (Å²) in [6.07, 6.45) is 5.49. The zero-order chi connectivity index (χ0) is 9.56. The summed E-state index contributed by atoms with van der Waals surface area (Å²) in [5.74, 6) is 1.74. The number of unbranched alkanes of at least 4 members (excludes halogenated alkanes) is 1. The van der Waals surface area contributed by atoms with Crippen LogP contribution < -0.4 is 0 Å². The van der Waals surface area contributed by atoms with Gasteiger partial charge in [-0.1, -0.05) is 47.0 Å². The molecule has 0 aromatic rings. The van der Waals surface area contributed by atoms with E-state index in [0.717, 1.165) is 17.5 Å². The van der Waals surface area contributed by atoms with Crippen LogP contribution in [0, 0.1) is 11.8 Å². The summed E-state index contributed by atoms with van der Waals surface area (Å²) in [5, 5.41) is 0. The molecule has 1 heteroatoms. The predicted molar refractivity (Wildman–Crippen MR) is 61.6 cm³/mol. The molecule has 0 aromatic carbocycles. The second-order valence-corrected chi connectivity index (χ2v) is 4.90. The Bertz CT molecular complexity index is 99.2. The third-order valence-electron chi connectivity index (χ3n) is 2.77. The summed E-state index contributed by atoms with van der Waals surface area (Å²) in [6.45, 7) is 9.25. The van der Waals surface area contributed by atoms with Crippen molar-refractivity contribution in [3.8, 4) is 0 Å². The van der Waals surface area contributed by atoms with Crippen LogP contribution in [0.15, 0.2) is 0 Å². The third-order valence-corrected chi connectivity index (χ3v) is 4.08. The molecule has 0 rings (SSSR count). The van der Waals surface area contributed by atoms with Crippen molar-refractivity contribution in [3.63, 3.8) is 0 Å². The predicted octanol–water partition coefficient (Wildman–Crippen LogP) is 4.10. The van der Waals surface area contributed by atoms with Gasteiger partial charge in [0.1, 0.15) is 0 Å². The van der Waals surface area contributed by atoms with Gasteiger partial charge in [-0.15, -0.1) is 9.24 Å². The Kier molecular flexibility index (Phi) is 7.14. The third kappa shape index (κ3) is 4.45.